The Labute approximate surface area is 187 Å². The molecule has 4 rings (SSSR count). The van der Waals surface area contributed by atoms with Crippen molar-refractivity contribution in [1.82, 2.24) is 4.90 Å². The highest BCUT2D eigenvalue weighted by molar-refractivity contribution is 6.07. The summed E-state index contributed by atoms with van der Waals surface area (Å²) in [5.74, 6) is -0.663. The lowest BCUT2D eigenvalue weighted by molar-refractivity contribution is -0.122. The Kier molecular flexibility index (Phi) is 6.82. The predicted molar refractivity (Wildman–Crippen MR) is 119 cm³/mol. The molecule has 0 spiro atoms. The lowest BCUT2D eigenvalue weighted by atomic mass is 9.86. The van der Waals surface area contributed by atoms with Crippen molar-refractivity contribution in [2.45, 2.75) is 32.1 Å². The fourth-order valence-corrected chi connectivity index (χ4v) is 4.54. The van der Waals surface area contributed by atoms with Crippen LogP contribution in [0.4, 0.5) is 14.5 Å². The van der Waals surface area contributed by atoms with Crippen molar-refractivity contribution < 1.29 is 18.4 Å². The number of rotatable bonds is 5. The van der Waals surface area contributed by atoms with Gasteiger partial charge < -0.3 is 9.80 Å². The molecule has 2 heterocycles. The van der Waals surface area contributed by atoms with Crippen LogP contribution < -0.4 is 4.90 Å². The summed E-state index contributed by atoms with van der Waals surface area (Å²) in [4.78, 5) is 29.6. The number of ketones is 1. The standard InChI is InChI=1S/C24H26F2N2O2.ClH/c1-24(2)20-15-19(26)7-8-21(20)28(23(24)30)14-13-27-11-9-17(10-12-27)22(29)16-3-5-18(25)6-4-16;/h3-8,15,17H,9-14H2,1-2H3;1H. The van der Waals surface area contributed by atoms with E-state index in [9.17, 15) is 18.4 Å². The molecule has 4 nitrogen and oxygen atoms in total. The van der Waals surface area contributed by atoms with Crippen molar-refractivity contribution >= 4 is 29.8 Å². The number of carbonyl (C=O) groups is 2. The van der Waals surface area contributed by atoms with Gasteiger partial charge in [-0.05, 0) is 87.8 Å². The van der Waals surface area contributed by atoms with Crippen molar-refractivity contribution in [3.05, 3.63) is 65.2 Å². The lowest BCUT2D eigenvalue weighted by Crippen LogP contribution is -2.43. The maximum Gasteiger partial charge on any atom is 0.237 e. The maximum atomic E-state index is 13.7. The molecule has 1 amide bonds. The highest BCUT2D eigenvalue weighted by Crippen LogP contribution is 2.41. The van der Waals surface area contributed by atoms with Gasteiger partial charge in [0.05, 0.1) is 5.41 Å². The van der Waals surface area contributed by atoms with E-state index in [0.717, 1.165) is 37.2 Å². The van der Waals surface area contributed by atoms with Crippen molar-refractivity contribution in [2.24, 2.45) is 5.92 Å². The molecule has 1 saturated heterocycles. The first-order chi connectivity index (χ1) is 14.3. The number of Topliss-reactive ketones (excluding diaryl/α,β-unsaturated/α-hetero) is 1. The van der Waals surface area contributed by atoms with Crippen LogP contribution in [0.5, 0.6) is 0 Å². The molecule has 2 aliphatic heterocycles. The zero-order valence-corrected chi connectivity index (χ0v) is 18.6. The number of halogens is 3. The third-order valence-electron chi connectivity index (χ3n) is 6.43. The van der Waals surface area contributed by atoms with Crippen LogP contribution in [0.15, 0.2) is 42.5 Å². The Bertz CT molecular complexity index is 970. The second kappa shape index (κ2) is 9.05. The fourth-order valence-electron chi connectivity index (χ4n) is 4.54. The Morgan fingerprint density at radius 1 is 1.00 bits per heavy atom. The van der Waals surface area contributed by atoms with E-state index in [1.807, 2.05) is 13.8 Å². The highest BCUT2D eigenvalue weighted by Gasteiger charge is 2.44. The molecule has 0 N–H and O–H groups in total. The average molecular weight is 449 g/mol. The number of benzene rings is 2. The molecule has 0 aromatic heterocycles. The maximum absolute atomic E-state index is 13.7. The van der Waals surface area contributed by atoms with Gasteiger partial charge in [-0.1, -0.05) is 0 Å². The number of amides is 1. The van der Waals surface area contributed by atoms with Crippen LogP contribution in [0, 0.1) is 17.6 Å². The topological polar surface area (TPSA) is 40.6 Å². The third kappa shape index (κ3) is 4.51. The third-order valence-corrected chi connectivity index (χ3v) is 6.43. The molecule has 0 aliphatic carbocycles. The summed E-state index contributed by atoms with van der Waals surface area (Å²) in [7, 11) is 0. The zero-order chi connectivity index (χ0) is 21.5. The number of hydrogen-bond acceptors (Lipinski definition) is 3. The molecule has 166 valence electrons. The molecule has 0 radical (unpaired) electrons. The number of carbonyl (C=O) groups excluding carboxylic acids is 2. The zero-order valence-electron chi connectivity index (χ0n) is 17.7. The van der Waals surface area contributed by atoms with E-state index in [4.69, 9.17) is 0 Å². The number of hydrogen-bond donors (Lipinski definition) is 0. The summed E-state index contributed by atoms with van der Waals surface area (Å²) in [6.45, 7) is 6.46. The second-order valence-electron chi connectivity index (χ2n) is 8.73. The Balaban J connectivity index is 0.00000272. The van der Waals surface area contributed by atoms with Gasteiger partial charge in [-0.15, -0.1) is 12.4 Å². The second-order valence-corrected chi connectivity index (χ2v) is 8.73. The number of anilines is 1. The van der Waals surface area contributed by atoms with Gasteiger partial charge in [0.25, 0.3) is 0 Å². The van der Waals surface area contributed by atoms with Gasteiger partial charge in [-0.25, -0.2) is 8.78 Å². The number of nitrogens with zero attached hydrogens (tertiary/aromatic N) is 2. The summed E-state index contributed by atoms with van der Waals surface area (Å²) < 4.78 is 26.8. The monoisotopic (exact) mass is 448 g/mol. The smallest absolute Gasteiger partial charge is 0.237 e. The Hall–Kier alpha value is -2.31. The van der Waals surface area contributed by atoms with Gasteiger partial charge in [0.15, 0.2) is 5.78 Å². The highest BCUT2D eigenvalue weighted by atomic mass is 35.5. The average Bonchev–Trinajstić information content (AvgIpc) is 2.92. The predicted octanol–water partition coefficient (Wildman–Crippen LogP) is 4.61. The molecule has 31 heavy (non-hydrogen) atoms. The van der Waals surface area contributed by atoms with Crippen LogP contribution in [-0.4, -0.2) is 42.8 Å². The minimum atomic E-state index is -0.730. The van der Waals surface area contributed by atoms with E-state index in [-0.39, 0.29) is 41.6 Å². The fraction of sp³-hybridized carbons (Fsp3) is 0.417. The number of likely N-dealkylation sites (tertiary alicyclic amines) is 1. The molecule has 2 aromatic carbocycles. The van der Waals surface area contributed by atoms with Crippen molar-refractivity contribution in [2.75, 3.05) is 31.1 Å². The van der Waals surface area contributed by atoms with Gasteiger partial charge in [-0.2, -0.15) is 0 Å². The van der Waals surface area contributed by atoms with Crippen LogP contribution in [0.1, 0.15) is 42.6 Å². The summed E-state index contributed by atoms with van der Waals surface area (Å²) >= 11 is 0. The van der Waals surface area contributed by atoms with E-state index >= 15 is 0 Å². The minimum absolute atomic E-state index is 0. The largest absolute Gasteiger partial charge is 0.310 e. The van der Waals surface area contributed by atoms with Gasteiger partial charge in [0, 0.05) is 30.3 Å². The first kappa shape index (κ1) is 23.4. The van der Waals surface area contributed by atoms with E-state index in [2.05, 4.69) is 4.90 Å². The summed E-state index contributed by atoms with van der Waals surface area (Å²) in [5, 5.41) is 0. The Morgan fingerprint density at radius 2 is 1.61 bits per heavy atom. The van der Waals surface area contributed by atoms with Crippen molar-refractivity contribution in [3.8, 4) is 0 Å². The minimum Gasteiger partial charge on any atom is -0.310 e. The van der Waals surface area contributed by atoms with E-state index < -0.39 is 5.41 Å². The van der Waals surface area contributed by atoms with Gasteiger partial charge in [-0.3, -0.25) is 9.59 Å². The van der Waals surface area contributed by atoms with Crippen LogP contribution in [0.2, 0.25) is 0 Å². The van der Waals surface area contributed by atoms with Gasteiger partial charge in [0.2, 0.25) is 5.91 Å². The van der Waals surface area contributed by atoms with E-state index in [1.165, 1.54) is 24.3 Å². The SMILES string of the molecule is CC1(C)C(=O)N(CCN2CCC(C(=O)c3ccc(F)cc3)CC2)c2ccc(F)cc21.Cl. The van der Waals surface area contributed by atoms with Crippen LogP contribution in [-0.2, 0) is 10.2 Å². The molecular formula is C24H27ClF2N2O2. The van der Waals surface area contributed by atoms with Crippen molar-refractivity contribution in [1.29, 1.82) is 0 Å². The van der Waals surface area contributed by atoms with Gasteiger partial charge >= 0.3 is 0 Å². The first-order valence-corrected chi connectivity index (χ1v) is 10.4. The van der Waals surface area contributed by atoms with Crippen molar-refractivity contribution in [3.63, 3.8) is 0 Å². The Morgan fingerprint density at radius 3 is 2.26 bits per heavy atom. The molecule has 0 unspecified atom stereocenters. The molecule has 2 aliphatic rings. The molecule has 0 bridgehead atoms. The quantitative estimate of drug-likeness (QED) is 0.627. The summed E-state index contributed by atoms with van der Waals surface area (Å²) in [5.41, 5.74) is 1.35. The van der Waals surface area contributed by atoms with Crippen LogP contribution in [0.3, 0.4) is 0 Å². The lowest BCUT2D eigenvalue weighted by Gasteiger charge is -2.32. The van der Waals surface area contributed by atoms with Gasteiger partial charge in [0.1, 0.15) is 11.6 Å². The summed E-state index contributed by atoms with van der Waals surface area (Å²) in [6.07, 6.45) is 1.49. The molecule has 7 heteroatoms. The summed E-state index contributed by atoms with van der Waals surface area (Å²) in [6, 6.07) is 10.3. The normalized spacial score (nSPS) is 18.6. The number of piperidine rings is 1. The van der Waals surface area contributed by atoms with E-state index in [1.54, 1.807) is 23.1 Å². The first-order valence-electron chi connectivity index (χ1n) is 10.4. The van der Waals surface area contributed by atoms with Crippen LogP contribution >= 0.6 is 12.4 Å². The molecule has 2 aromatic rings. The number of fused-ring (bicyclic) bond motifs is 1. The molecular weight excluding hydrogens is 422 g/mol. The molecule has 0 atom stereocenters. The van der Waals surface area contributed by atoms with E-state index in [0.29, 0.717) is 18.7 Å². The van der Waals surface area contributed by atoms with Crippen LogP contribution in [0.25, 0.3) is 0 Å². The molecule has 1 fully saturated rings. The molecule has 0 saturated carbocycles.